The molecule has 36 heavy (non-hydrogen) atoms. The predicted molar refractivity (Wildman–Crippen MR) is 150 cm³/mol. The van der Waals surface area contributed by atoms with Gasteiger partial charge in [-0.15, -0.1) is 0 Å². The van der Waals surface area contributed by atoms with Gasteiger partial charge in [0.05, 0.1) is 35.2 Å². The van der Waals surface area contributed by atoms with Crippen LogP contribution in [0.4, 0.5) is 11.7 Å². The van der Waals surface area contributed by atoms with Crippen LogP contribution in [0.1, 0.15) is 68.2 Å². The number of nitrogens with one attached hydrogen (secondary N) is 1. The number of carbonyl (C=O) groups excluding carboxylic acids is 2. The third-order valence-electron chi connectivity index (χ3n) is 6.41. The number of rotatable bonds is 8. The quantitative estimate of drug-likeness (QED) is 0.406. The highest BCUT2D eigenvalue weighted by atomic mass is 16.5. The Balaban J connectivity index is 1.81. The van der Waals surface area contributed by atoms with E-state index in [1.807, 2.05) is 38.1 Å². The number of benzene rings is 1. The number of aromatic nitrogens is 3. The van der Waals surface area contributed by atoms with Gasteiger partial charge in [-0.3, -0.25) is 14.9 Å². The summed E-state index contributed by atoms with van der Waals surface area (Å²) < 4.78 is 6.95. The van der Waals surface area contributed by atoms with Gasteiger partial charge in [0.15, 0.2) is 0 Å². The number of carbonyl (C=O) groups is 2. The van der Waals surface area contributed by atoms with E-state index >= 15 is 0 Å². The number of nitrogen functional groups attached to an aromatic ring is 1. The Bertz CT molecular complexity index is 1260. The van der Waals surface area contributed by atoms with E-state index in [2.05, 4.69) is 59.9 Å². The minimum atomic E-state index is -0.635. The zero-order chi connectivity index (χ0) is 27.0. The van der Waals surface area contributed by atoms with Crippen LogP contribution < -0.4 is 16.8 Å². The maximum Gasteiger partial charge on any atom is 0.254 e. The molecule has 2 amide bonds. The number of hydrogen-bond donors (Lipinski definition) is 3. The van der Waals surface area contributed by atoms with Crippen LogP contribution in [-0.2, 0) is 11.2 Å². The molecule has 9 nitrogen and oxygen atoms in total. The molecule has 2 atom stereocenters. The summed E-state index contributed by atoms with van der Waals surface area (Å²) in [7, 11) is 6.23. The summed E-state index contributed by atoms with van der Waals surface area (Å²) in [5, 5.41) is 11.4. The third-order valence-corrected chi connectivity index (χ3v) is 6.41. The summed E-state index contributed by atoms with van der Waals surface area (Å²) >= 11 is 0. The largest absolute Gasteiger partial charge is 0.383 e. The van der Waals surface area contributed by atoms with E-state index in [9.17, 15) is 9.59 Å². The average Bonchev–Trinajstić information content (AvgIpc) is 3.34. The second-order valence-electron chi connectivity index (χ2n) is 11.7. The first-order valence-corrected chi connectivity index (χ1v) is 12.1. The van der Waals surface area contributed by atoms with Gasteiger partial charge in [0.25, 0.3) is 5.91 Å². The Kier molecular flexibility index (Phi) is 7.48. The number of primary amides is 1. The Labute approximate surface area is 215 Å². The minimum absolute atomic E-state index is 0.0624. The maximum atomic E-state index is 12.8. The van der Waals surface area contributed by atoms with Crippen LogP contribution in [0, 0.1) is 5.41 Å². The van der Waals surface area contributed by atoms with Crippen molar-refractivity contribution >= 4 is 47.1 Å². The van der Waals surface area contributed by atoms with Crippen LogP contribution in [-0.4, -0.2) is 50.3 Å². The molecule has 0 bridgehead atoms. The van der Waals surface area contributed by atoms with Crippen LogP contribution in [0.5, 0.6) is 0 Å². The summed E-state index contributed by atoms with van der Waals surface area (Å²) in [6, 6.07) is 8.98. The maximum absolute atomic E-state index is 12.8. The minimum Gasteiger partial charge on any atom is -0.383 e. The Morgan fingerprint density at radius 3 is 2.28 bits per heavy atom. The Morgan fingerprint density at radius 1 is 1.14 bits per heavy atom. The molecule has 2 heterocycles. The monoisotopic (exact) mass is 488 g/mol. The smallest absolute Gasteiger partial charge is 0.254 e. The molecular weight excluding hydrogens is 453 g/mol. The van der Waals surface area contributed by atoms with Crippen molar-refractivity contribution in [2.24, 2.45) is 11.1 Å². The van der Waals surface area contributed by atoms with Crippen molar-refractivity contribution in [3.05, 3.63) is 47.2 Å². The zero-order valence-electron chi connectivity index (χ0n) is 22.5. The van der Waals surface area contributed by atoms with Gasteiger partial charge in [0.1, 0.15) is 17.1 Å². The van der Waals surface area contributed by atoms with Gasteiger partial charge >= 0.3 is 0 Å². The number of nitrogens with zero attached hydrogens (tertiary/aromatic N) is 3. The molecule has 12 heteroatoms. The second-order valence-corrected chi connectivity index (χ2v) is 11.7. The van der Waals surface area contributed by atoms with Gasteiger partial charge in [-0.05, 0) is 31.2 Å². The van der Waals surface area contributed by atoms with E-state index in [1.165, 1.54) is 0 Å². The lowest BCUT2D eigenvalue weighted by molar-refractivity contribution is -0.117. The average molecular weight is 488 g/mol. The SMILES string of the molecule is BC(B)(B)C(C)n1nc(-c2ccc(C(C)C(=O)Nc3cc(CC(C)(C)C)no3)cc2)c(C(N)=O)c1N. The van der Waals surface area contributed by atoms with E-state index in [1.54, 1.807) is 10.7 Å². The molecule has 0 saturated carbocycles. The fraction of sp³-hybridized carbons (Fsp3) is 0.417. The second kappa shape index (κ2) is 9.91. The standard InChI is InChI=1S/C24H35B3N6O3/c1-12(22(35)30-17-10-16(32-36-17)11-23(3,4)5)14-6-8-15(9-7-14)19-18(21(29)34)20(28)33(31-19)13(2)24(25,26)27/h6-10,12-13H,11,25-28H2,1-5H3,(H2,29,34)(H,30,35). The third kappa shape index (κ3) is 6.03. The van der Waals surface area contributed by atoms with Crippen LogP contribution in [0.3, 0.4) is 0 Å². The topological polar surface area (TPSA) is 142 Å². The van der Waals surface area contributed by atoms with E-state index in [0.29, 0.717) is 17.1 Å². The van der Waals surface area contributed by atoms with Crippen molar-refractivity contribution in [3.63, 3.8) is 0 Å². The van der Waals surface area contributed by atoms with Gasteiger partial charge in [-0.25, -0.2) is 4.68 Å². The number of hydrogen-bond acceptors (Lipinski definition) is 6. The van der Waals surface area contributed by atoms with Crippen molar-refractivity contribution in [1.29, 1.82) is 0 Å². The van der Waals surface area contributed by atoms with Crippen molar-refractivity contribution in [2.75, 3.05) is 11.1 Å². The zero-order valence-corrected chi connectivity index (χ0v) is 22.5. The van der Waals surface area contributed by atoms with Crippen LogP contribution in [0.15, 0.2) is 34.9 Å². The van der Waals surface area contributed by atoms with Crippen molar-refractivity contribution < 1.29 is 14.1 Å². The van der Waals surface area contributed by atoms with Gasteiger partial charge in [0, 0.05) is 17.7 Å². The molecule has 0 aliphatic rings. The van der Waals surface area contributed by atoms with Gasteiger partial charge in [0.2, 0.25) is 11.8 Å². The first-order chi connectivity index (χ1) is 16.6. The van der Waals surface area contributed by atoms with E-state index in [4.69, 9.17) is 16.0 Å². The summed E-state index contributed by atoms with van der Waals surface area (Å²) in [4.78, 5) is 25.1. The molecular formula is C24H35B3N6O3. The number of nitrogens with two attached hydrogens (primary N) is 2. The molecule has 0 radical (unpaired) electrons. The summed E-state index contributed by atoms with van der Waals surface area (Å²) in [5.74, 6) is -0.733. The normalized spacial score (nSPS) is 13.8. The highest BCUT2D eigenvalue weighted by Crippen LogP contribution is 2.35. The highest BCUT2D eigenvalue weighted by molar-refractivity contribution is 6.59. The molecule has 1 aromatic carbocycles. The molecule has 0 saturated heterocycles. The molecule has 0 spiro atoms. The molecule has 5 N–H and O–H groups in total. The lowest BCUT2D eigenvalue weighted by Gasteiger charge is -2.28. The number of anilines is 2. The van der Waals surface area contributed by atoms with Gasteiger partial charge < -0.3 is 16.0 Å². The number of amides is 2. The van der Waals surface area contributed by atoms with E-state index < -0.39 is 11.8 Å². The van der Waals surface area contributed by atoms with Crippen molar-refractivity contribution in [2.45, 2.75) is 58.1 Å². The molecule has 0 fully saturated rings. The molecule has 0 aliphatic heterocycles. The summed E-state index contributed by atoms with van der Waals surface area (Å²) in [6.45, 7) is 10.2. The van der Waals surface area contributed by atoms with Gasteiger partial charge in [-0.1, -0.05) is 55.3 Å². The van der Waals surface area contributed by atoms with Crippen LogP contribution in [0.2, 0.25) is 5.11 Å². The molecule has 2 aromatic heterocycles. The highest BCUT2D eigenvalue weighted by Gasteiger charge is 2.29. The summed E-state index contributed by atoms with van der Waals surface area (Å²) in [5.41, 5.74) is 14.9. The van der Waals surface area contributed by atoms with Crippen molar-refractivity contribution in [3.8, 4) is 11.3 Å². The van der Waals surface area contributed by atoms with Crippen molar-refractivity contribution in [1.82, 2.24) is 14.9 Å². The van der Waals surface area contributed by atoms with E-state index in [0.717, 1.165) is 17.7 Å². The Hall–Kier alpha value is -3.43. The van der Waals surface area contributed by atoms with Crippen LogP contribution >= 0.6 is 0 Å². The van der Waals surface area contributed by atoms with Gasteiger partial charge in [-0.2, -0.15) is 5.10 Å². The molecule has 3 rings (SSSR count). The fourth-order valence-electron chi connectivity index (χ4n) is 3.86. The molecule has 188 valence electrons. The summed E-state index contributed by atoms with van der Waals surface area (Å²) in [6.07, 6.45) is 0.742. The first-order valence-electron chi connectivity index (χ1n) is 12.1. The molecule has 3 aromatic rings. The Morgan fingerprint density at radius 2 is 1.75 bits per heavy atom. The first kappa shape index (κ1) is 27.2. The van der Waals surface area contributed by atoms with E-state index in [-0.39, 0.29) is 33.9 Å². The van der Waals surface area contributed by atoms with Crippen LogP contribution in [0.25, 0.3) is 11.3 Å². The predicted octanol–water partition coefficient (Wildman–Crippen LogP) is 1.08. The lowest BCUT2D eigenvalue weighted by Crippen LogP contribution is -2.27. The lowest BCUT2D eigenvalue weighted by atomic mass is 9.40. The molecule has 2 unspecified atom stereocenters. The fourth-order valence-corrected chi connectivity index (χ4v) is 3.86. The molecule has 0 aliphatic carbocycles.